The molecule has 0 heterocycles. The van der Waals surface area contributed by atoms with Crippen LogP contribution in [0.1, 0.15) is 16.7 Å². The molecule has 0 aliphatic carbocycles. The molecule has 0 atom stereocenters. The fourth-order valence-electron chi connectivity index (χ4n) is 3.36. The predicted octanol–water partition coefficient (Wildman–Crippen LogP) is 6.50. The highest BCUT2D eigenvalue weighted by molar-refractivity contribution is 6.31. The maximum atomic E-state index is 13.3. The number of rotatable bonds is 7. The largest absolute Gasteiger partial charge is 0.488 e. The second kappa shape index (κ2) is 9.08. The van der Waals surface area contributed by atoms with Crippen LogP contribution in [0.15, 0.2) is 84.9 Å². The van der Waals surface area contributed by atoms with E-state index in [0.717, 1.165) is 34.2 Å². The summed E-state index contributed by atoms with van der Waals surface area (Å²) in [7, 11) is 0. The number of hydrogen-bond acceptors (Lipinski definition) is 2. The Kier molecular flexibility index (Phi) is 6.09. The molecule has 4 aromatic rings. The van der Waals surface area contributed by atoms with Crippen molar-refractivity contribution in [1.82, 2.24) is 5.32 Å². The van der Waals surface area contributed by atoms with E-state index in [-0.39, 0.29) is 12.4 Å². The molecule has 0 aliphatic heterocycles. The summed E-state index contributed by atoms with van der Waals surface area (Å²) in [6.45, 7) is 1.72. The number of ether oxygens (including phenoxy) is 1. The molecule has 4 rings (SSSR count). The zero-order chi connectivity index (χ0) is 20.1. The first-order valence-corrected chi connectivity index (χ1v) is 9.90. The van der Waals surface area contributed by atoms with E-state index in [1.165, 1.54) is 17.7 Å². The van der Waals surface area contributed by atoms with Crippen LogP contribution in [0.3, 0.4) is 0 Å². The number of halogens is 2. The fourth-order valence-corrected chi connectivity index (χ4v) is 3.58. The van der Waals surface area contributed by atoms with Gasteiger partial charge in [-0.25, -0.2) is 4.39 Å². The molecule has 0 fully saturated rings. The molecule has 4 aromatic carbocycles. The summed E-state index contributed by atoms with van der Waals surface area (Å²) in [5.41, 5.74) is 3.08. The summed E-state index contributed by atoms with van der Waals surface area (Å²) < 4.78 is 19.4. The maximum absolute atomic E-state index is 13.3. The molecule has 0 bridgehead atoms. The van der Waals surface area contributed by atoms with Gasteiger partial charge in [-0.3, -0.25) is 0 Å². The lowest BCUT2D eigenvalue weighted by molar-refractivity contribution is 0.302. The Balaban J connectivity index is 1.56. The molecule has 0 amide bonds. The average Bonchev–Trinajstić information content (AvgIpc) is 2.74. The molecule has 0 saturated carbocycles. The maximum Gasteiger partial charge on any atom is 0.124 e. The van der Waals surface area contributed by atoms with Gasteiger partial charge in [0.25, 0.3) is 0 Å². The first kappa shape index (κ1) is 19.4. The fraction of sp³-hybridized carbons (Fsp3) is 0.120. The van der Waals surface area contributed by atoms with Crippen molar-refractivity contribution in [1.29, 1.82) is 0 Å². The highest BCUT2D eigenvalue weighted by Crippen LogP contribution is 2.29. The summed E-state index contributed by atoms with van der Waals surface area (Å²) in [5, 5.41) is 6.19. The van der Waals surface area contributed by atoms with Gasteiger partial charge in [0.15, 0.2) is 0 Å². The van der Waals surface area contributed by atoms with Crippen LogP contribution in [0, 0.1) is 5.82 Å². The Bertz CT molecular complexity index is 1110. The summed E-state index contributed by atoms with van der Waals surface area (Å²) in [6, 6.07) is 27.0. The molecule has 0 aliphatic rings. The van der Waals surface area contributed by atoms with Crippen LogP contribution in [-0.2, 0) is 19.7 Å². The van der Waals surface area contributed by atoms with Crippen molar-refractivity contribution in [3.8, 4) is 5.75 Å². The van der Waals surface area contributed by atoms with Crippen LogP contribution in [0.25, 0.3) is 10.8 Å². The minimum atomic E-state index is -0.352. The second-order valence-electron chi connectivity index (χ2n) is 6.88. The second-order valence-corrected chi connectivity index (χ2v) is 7.28. The topological polar surface area (TPSA) is 21.3 Å². The lowest BCUT2D eigenvalue weighted by atomic mass is 10.0. The molecule has 0 radical (unpaired) electrons. The van der Waals surface area contributed by atoms with E-state index in [9.17, 15) is 4.39 Å². The summed E-state index contributed by atoms with van der Waals surface area (Å²) >= 11 is 6.15. The highest BCUT2D eigenvalue weighted by atomic mass is 35.5. The predicted molar refractivity (Wildman–Crippen MR) is 117 cm³/mol. The lowest BCUT2D eigenvalue weighted by Gasteiger charge is -2.16. The first-order chi connectivity index (χ1) is 14.2. The summed E-state index contributed by atoms with van der Waals surface area (Å²) in [6.07, 6.45) is 0. The zero-order valence-corrected chi connectivity index (χ0v) is 16.6. The van der Waals surface area contributed by atoms with Crippen molar-refractivity contribution in [2.24, 2.45) is 0 Å². The molecule has 4 heteroatoms. The Morgan fingerprint density at radius 2 is 1.62 bits per heavy atom. The normalized spacial score (nSPS) is 11.0. The van der Waals surface area contributed by atoms with Gasteiger partial charge in [0.1, 0.15) is 18.2 Å². The Hall–Kier alpha value is -2.88. The first-order valence-electron chi connectivity index (χ1n) is 9.53. The molecule has 0 spiro atoms. The van der Waals surface area contributed by atoms with E-state index in [0.29, 0.717) is 11.6 Å². The van der Waals surface area contributed by atoms with Crippen LogP contribution in [0.2, 0.25) is 5.02 Å². The van der Waals surface area contributed by atoms with Crippen LogP contribution in [0.4, 0.5) is 4.39 Å². The van der Waals surface area contributed by atoms with Gasteiger partial charge in [0.05, 0.1) is 5.02 Å². The van der Waals surface area contributed by atoms with Crippen molar-refractivity contribution in [2.75, 3.05) is 0 Å². The smallest absolute Gasteiger partial charge is 0.124 e. The third-order valence-corrected chi connectivity index (χ3v) is 5.22. The van der Waals surface area contributed by atoms with Crippen molar-refractivity contribution in [2.45, 2.75) is 19.7 Å². The molecule has 29 heavy (non-hydrogen) atoms. The Morgan fingerprint density at radius 1 is 0.828 bits per heavy atom. The summed E-state index contributed by atoms with van der Waals surface area (Å²) in [5.74, 6) is 0.444. The quantitative estimate of drug-likeness (QED) is 0.379. The minimum absolute atomic E-state index is 0.281. The van der Waals surface area contributed by atoms with E-state index in [4.69, 9.17) is 16.3 Å². The van der Waals surface area contributed by atoms with Crippen LogP contribution in [-0.4, -0.2) is 0 Å². The van der Waals surface area contributed by atoms with E-state index in [1.807, 2.05) is 36.4 Å². The Labute approximate surface area is 174 Å². The van der Waals surface area contributed by atoms with Gasteiger partial charge in [-0.15, -0.1) is 0 Å². The molecular formula is C25H21ClFNO. The van der Waals surface area contributed by atoms with Crippen molar-refractivity contribution >= 4 is 22.4 Å². The monoisotopic (exact) mass is 405 g/mol. The molecule has 0 unspecified atom stereocenters. The van der Waals surface area contributed by atoms with Crippen LogP contribution >= 0.6 is 11.6 Å². The van der Waals surface area contributed by atoms with E-state index in [2.05, 4.69) is 35.6 Å². The van der Waals surface area contributed by atoms with Crippen molar-refractivity contribution in [3.63, 3.8) is 0 Å². The van der Waals surface area contributed by atoms with E-state index in [1.54, 1.807) is 6.07 Å². The SMILES string of the molecule is Fc1ccc(COc2ccc3ccccc3c2CNCc2ccccc2)c(Cl)c1. The van der Waals surface area contributed by atoms with Gasteiger partial charge in [0, 0.05) is 24.2 Å². The molecule has 0 aromatic heterocycles. The van der Waals surface area contributed by atoms with Gasteiger partial charge in [0.2, 0.25) is 0 Å². The van der Waals surface area contributed by atoms with E-state index >= 15 is 0 Å². The number of fused-ring (bicyclic) bond motifs is 1. The number of nitrogens with one attached hydrogen (secondary N) is 1. The molecule has 2 nitrogen and oxygen atoms in total. The van der Waals surface area contributed by atoms with Crippen molar-refractivity contribution < 1.29 is 9.13 Å². The highest BCUT2D eigenvalue weighted by Gasteiger charge is 2.10. The van der Waals surface area contributed by atoms with Gasteiger partial charge in [-0.2, -0.15) is 0 Å². The van der Waals surface area contributed by atoms with Crippen LogP contribution in [0.5, 0.6) is 5.75 Å². The third-order valence-electron chi connectivity index (χ3n) is 4.87. The molecule has 1 N–H and O–H groups in total. The molecular weight excluding hydrogens is 385 g/mol. The number of hydrogen-bond donors (Lipinski definition) is 1. The summed E-state index contributed by atoms with van der Waals surface area (Å²) in [4.78, 5) is 0. The van der Waals surface area contributed by atoms with E-state index < -0.39 is 0 Å². The standard InChI is InChI=1S/C25H21ClFNO/c26-24-14-21(27)12-10-20(24)17-29-25-13-11-19-8-4-5-9-22(19)23(25)16-28-15-18-6-2-1-3-7-18/h1-14,28H,15-17H2. The lowest BCUT2D eigenvalue weighted by Crippen LogP contribution is -2.14. The molecule has 146 valence electrons. The van der Waals surface area contributed by atoms with Gasteiger partial charge in [-0.05, 0) is 34.5 Å². The molecule has 0 saturated heterocycles. The number of benzene rings is 4. The van der Waals surface area contributed by atoms with Gasteiger partial charge >= 0.3 is 0 Å². The average molecular weight is 406 g/mol. The minimum Gasteiger partial charge on any atom is -0.488 e. The van der Waals surface area contributed by atoms with Gasteiger partial charge < -0.3 is 10.1 Å². The van der Waals surface area contributed by atoms with Crippen LogP contribution < -0.4 is 10.1 Å². The third kappa shape index (κ3) is 4.76. The zero-order valence-electron chi connectivity index (χ0n) is 15.9. The van der Waals surface area contributed by atoms with Crippen molar-refractivity contribution in [3.05, 3.63) is 112 Å². The van der Waals surface area contributed by atoms with Gasteiger partial charge in [-0.1, -0.05) is 78.3 Å². The Morgan fingerprint density at radius 3 is 2.45 bits per heavy atom.